The first kappa shape index (κ1) is 8.16. The van der Waals surface area contributed by atoms with Gasteiger partial charge in [-0.2, -0.15) is 0 Å². The van der Waals surface area contributed by atoms with E-state index in [2.05, 4.69) is 5.16 Å². The summed E-state index contributed by atoms with van der Waals surface area (Å²) in [5, 5.41) is 11.5. The van der Waals surface area contributed by atoms with Crippen molar-refractivity contribution in [2.75, 3.05) is 0 Å². The van der Waals surface area contributed by atoms with Gasteiger partial charge in [-0.05, 0) is 24.5 Å². The van der Waals surface area contributed by atoms with Crippen LogP contribution in [0.1, 0.15) is 17.5 Å². The predicted octanol–water partition coefficient (Wildman–Crippen LogP) is 2.09. The molecule has 0 spiro atoms. The van der Waals surface area contributed by atoms with Crippen molar-refractivity contribution in [2.45, 2.75) is 12.8 Å². The lowest BCUT2D eigenvalue weighted by Gasteiger charge is -2.00. The summed E-state index contributed by atoms with van der Waals surface area (Å²) < 4.78 is 25.8. The number of hydrogen-bond acceptors (Lipinski definition) is 2. The molecule has 1 aliphatic carbocycles. The highest BCUT2D eigenvalue weighted by atomic mass is 19.1. The summed E-state index contributed by atoms with van der Waals surface area (Å²) >= 11 is 0. The number of oxime groups is 1. The molecule has 0 bridgehead atoms. The fourth-order valence-electron chi connectivity index (χ4n) is 1.60. The molecular weight excluding hydrogens is 176 g/mol. The van der Waals surface area contributed by atoms with Gasteiger partial charge in [0.1, 0.15) is 11.6 Å². The molecule has 0 fully saturated rings. The van der Waals surface area contributed by atoms with Crippen LogP contribution < -0.4 is 0 Å². The molecule has 0 unspecified atom stereocenters. The number of benzene rings is 1. The van der Waals surface area contributed by atoms with Crippen molar-refractivity contribution in [1.29, 1.82) is 0 Å². The van der Waals surface area contributed by atoms with E-state index >= 15 is 0 Å². The molecule has 0 atom stereocenters. The molecule has 0 aromatic heterocycles. The summed E-state index contributed by atoms with van der Waals surface area (Å²) in [5.41, 5.74) is 1.18. The zero-order valence-electron chi connectivity index (χ0n) is 6.72. The van der Waals surface area contributed by atoms with Crippen LogP contribution in [-0.4, -0.2) is 10.9 Å². The molecule has 1 aromatic rings. The molecule has 1 N–H and O–H groups in total. The lowest BCUT2D eigenvalue weighted by atomic mass is 10.1. The second kappa shape index (κ2) is 2.80. The fourth-order valence-corrected chi connectivity index (χ4v) is 1.60. The average Bonchev–Trinajstić information content (AvgIpc) is 2.47. The van der Waals surface area contributed by atoms with Gasteiger partial charge < -0.3 is 5.21 Å². The first-order chi connectivity index (χ1) is 6.22. The largest absolute Gasteiger partial charge is 0.411 e. The smallest absolute Gasteiger partial charge is 0.129 e. The van der Waals surface area contributed by atoms with Gasteiger partial charge in [-0.3, -0.25) is 0 Å². The maximum atomic E-state index is 13.1. The number of hydrogen-bond donors (Lipinski definition) is 1. The van der Waals surface area contributed by atoms with Crippen molar-refractivity contribution in [3.63, 3.8) is 0 Å². The van der Waals surface area contributed by atoms with Gasteiger partial charge in [-0.15, -0.1) is 0 Å². The standard InChI is InChI=1S/C9H7F2NO/c10-5-3-7-6(8(11)4-5)1-2-9(7)12-13/h3-4,13H,1-2H2/b12-9-. The Morgan fingerprint density at radius 1 is 1.23 bits per heavy atom. The Balaban J connectivity index is 2.64. The molecule has 2 nitrogen and oxygen atoms in total. The normalized spacial score (nSPS) is 17.8. The molecule has 0 radical (unpaired) electrons. The first-order valence-corrected chi connectivity index (χ1v) is 3.91. The Kier molecular flexibility index (Phi) is 1.76. The lowest BCUT2D eigenvalue weighted by molar-refractivity contribution is 0.318. The lowest BCUT2D eigenvalue weighted by Crippen LogP contribution is -1.96. The van der Waals surface area contributed by atoms with Crippen molar-refractivity contribution >= 4 is 5.71 Å². The minimum Gasteiger partial charge on any atom is -0.411 e. The van der Waals surface area contributed by atoms with Gasteiger partial charge in [-0.25, -0.2) is 8.78 Å². The number of halogens is 2. The highest BCUT2D eigenvalue weighted by molar-refractivity contribution is 6.04. The van der Waals surface area contributed by atoms with Crippen LogP contribution in [0.25, 0.3) is 0 Å². The third-order valence-corrected chi connectivity index (χ3v) is 2.20. The van der Waals surface area contributed by atoms with Gasteiger partial charge in [0, 0.05) is 11.6 Å². The van der Waals surface area contributed by atoms with Gasteiger partial charge in [0.15, 0.2) is 0 Å². The zero-order valence-corrected chi connectivity index (χ0v) is 6.72. The van der Waals surface area contributed by atoms with Gasteiger partial charge >= 0.3 is 0 Å². The molecule has 68 valence electrons. The molecule has 0 aliphatic heterocycles. The molecule has 2 rings (SSSR count). The summed E-state index contributed by atoms with van der Waals surface area (Å²) in [6.07, 6.45) is 0.938. The second-order valence-electron chi connectivity index (χ2n) is 2.96. The Hall–Kier alpha value is -1.45. The predicted molar refractivity (Wildman–Crippen MR) is 43.0 cm³/mol. The summed E-state index contributed by atoms with van der Waals surface area (Å²) in [6, 6.07) is 2.04. The summed E-state index contributed by atoms with van der Waals surface area (Å²) in [5.74, 6) is -1.20. The molecular formula is C9H7F2NO. The van der Waals surface area contributed by atoms with Crippen LogP contribution in [0.15, 0.2) is 17.3 Å². The molecule has 0 amide bonds. The molecule has 4 heteroatoms. The number of rotatable bonds is 0. The highest BCUT2D eigenvalue weighted by Gasteiger charge is 2.22. The third-order valence-electron chi connectivity index (χ3n) is 2.20. The van der Waals surface area contributed by atoms with E-state index in [1.165, 1.54) is 6.07 Å². The zero-order chi connectivity index (χ0) is 9.42. The van der Waals surface area contributed by atoms with Crippen LogP contribution in [0, 0.1) is 11.6 Å². The van der Waals surface area contributed by atoms with Crippen LogP contribution in [0.5, 0.6) is 0 Å². The molecule has 0 heterocycles. The molecule has 1 aliphatic rings. The van der Waals surface area contributed by atoms with E-state index in [-0.39, 0.29) is 0 Å². The highest BCUT2D eigenvalue weighted by Crippen LogP contribution is 2.25. The van der Waals surface area contributed by atoms with Crippen LogP contribution in [0.2, 0.25) is 0 Å². The van der Waals surface area contributed by atoms with Gasteiger partial charge in [0.2, 0.25) is 0 Å². The fraction of sp³-hybridized carbons (Fsp3) is 0.222. The van der Waals surface area contributed by atoms with E-state index in [0.29, 0.717) is 29.7 Å². The average molecular weight is 183 g/mol. The van der Waals surface area contributed by atoms with Crippen molar-refractivity contribution < 1.29 is 14.0 Å². The van der Waals surface area contributed by atoms with E-state index in [0.717, 1.165) is 6.07 Å². The molecule has 1 aromatic carbocycles. The van der Waals surface area contributed by atoms with E-state index in [1.807, 2.05) is 0 Å². The van der Waals surface area contributed by atoms with Crippen molar-refractivity contribution in [1.82, 2.24) is 0 Å². The van der Waals surface area contributed by atoms with E-state index < -0.39 is 11.6 Å². The van der Waals surface area contributed by atoms with Crippen molar-refractivity contribution in [3.8, 4) is 0 Å². The van der Waals surface area contributed by atoms with Crippen molar-refractivity contribution in [2.24, 2.45) is 5.16 Å². The number of fused-ring (bicyclic) bond motifs is 1. The number of nitrogens with zero attached hydrogens (tertiary/aromatic N) is 1. The minimum atomic E-state index is -0.640. The third kappa shape index (κ3) is 1.18. The van der Waals surface area contributed by atoms with Gasteiger partial charge in [0.05, 0.1) is 5.71 Å². The molecule has 13 heavy (non-hydrogen) atoms. The maximum absolute atomic E-state index is 13.1. The van der Waals surface area contributed by atoms with Gasteiger partial charge in [-0.1, -0.05) is 5.16 Å². The maximum Gasteiger partial charge on any atom is 0.129 e. The SMILES string of the molecule is O/N=C1/CCc2c(F)cc(F)cc21. The Morgan fingerprint density at radius 3 is 2.69 bits per heavy atom. The first-order valence-electron chi connectivity index (χ1n) is 3.91. The van der Waals surface area contributed by atoms with E-state index in [1.54, 1.807) is 0 Å². The molecule has 0 saturated carbocycles. The van der Waals surface area contributed by atoms with Crippen LogP contribution >= 0.6 is 0 Å². The van der Waals surface area contributed by atoms with E-state index in [9.17, 15) is 8.78 Å². The summed E-state index contributed by atoms with van der Waals surface area (Å²) in [7, 11) is 0. The minimum absolute atomic E-state index is 0.355. The van der Waals surface area contributed by atoms with Gasteiger partial charge in [0.25, 0.3) is 0 Å². The topological polar surface area (TPSA) is 32.6 Å². The Bertz CT molecular complexity index is 387. The Labute approximate surface area is 73.5 Å². The van der Waals surface area contributed by atoms with Crippen LogP contribution in [0.3, 0.4) is 0 Å². The summed E-state index contributed by atoms with van der Waals surface area (Å²) in [4.78, 5) is 0. The quantitative estimate of drug-likeness (QED) is 0.484. The molecule has 0 saturated heterocycles. The summed E-state index contributed by atoms with van der Waals surface area (Å²) in [6.45, 7) is 0. The Morgan fingerprint density at radius 2 is 2.00 bits per heavy atom. The van der Waals surface area contributed by atoms with Crippen LogP contribution in [0.4, 0.5) is 8.78 Å². The van der Waals surface area contributed by atoms with Crippen LogP contribution in [-0.2, 0) is 6.42 Å². The second-order valence-corrected chi connectivity index (χ2v) is 2.96. The van der Waals surface area contributed by atoms with Crippen molar-refractivity contribution in [3.05, 3.63) is 34.9 Å². The van der Waals surface area contributed by atoms with E-state index in [4.69, 9.17) is 5.21 Å². The monoisotopic (exact) mass is 183 g/mol.